The number of hydrogen-bond donors (Lipinski definition) is 1. The monoisotopic (exact) mass is 324 g/mol. The number of nitrogens with zero attached hydrogens (tertiary/aromatic N) is 1. The number of nitrogens with two attached hydrogens (primary N) is 1. The second kappa shape index (κ2) is 5.67. The lowest BCUT2D eigenvalue weighted by atomic mass is 9.77. The van der Waals surface area contributed by atoms with Crippen molar-refractivity contribution >= 4 is 22.9 Å². The van der Waals surface area contributed by atoms with Gasteiger partial charge in [-0.05, 0) is 37.0 Å². The molecule has 2 nitrogen and oxygen atoms in total. The maximum Gasteiger partial charge on any atom is 0.124 e. The molecule has 3 rings (SSSR count). The Morgan fingerprint density at radius 3 is 3.00 bits per heavy atom. The highest BCUT2D eigenvalue weighted by Crippen LogP contribution is 2.40. The highest BCUT2D eigenvalue weighted by Gasteiger charge is 2.35. The molecule has 0 saturated heterocycles. The molecule has 2 aromatic rings. The van der Waals surface area contributed by atoms with E-state index in [1.54, 1.807) is 17.4 Å². The summed E-state index contributed by atoms with van der Waals surface area (Å²) in [5, 5.41) is 3.31. The van der Waals surface area contributed by atoms with Crippen LogP contribution in [-0.4, -0.2) is 4.98 Å². The van der Waals surface area contributed by atoms with Crippen molar-refractivity contribution in [3.05, 3.63) is 39.4 Å². The van der Waals surface area contributed by atoms with Crippen LogP contribution in [0.2, 0.25) is 5.02 Å². The largest absolute Gasteiger partial charge is 0.319 e. The van der Waals surface area contributed by atoms with Crippen molar-refractivity contribution in [3.63, 3.8) is 0 Å². The van der Waals surface area contributed by atoms with Crippen LogP contribution in [0, 0.1) is 11.7 Å². The average Bonchev–Trinajstić information content (AvgIpc) is 2.88. The first-order chi connectivity index (χ1) is 9.98. The van der Waals surface area contributed by atoms with Crippen LogP contribution in [0.15, 0.2) is 23.6 Å². The zero-order chi connectivity index (χ0) is 15.0. The summed E-state index contributed by atoms with van der Waals surface area (Å²) in [6, 6.07) is 4.39. The Morgan fingerprint density at radius 2 is 2.29 bits per heavy atom. The second-order valence-corrected chi connectivity index (χ2v) is 7.29. The maximum atomic E-state index is 13.1. The van der Waals surface area contributed by atoms with Crippen molar-refractivity contribution in [2.45, 2.75) is 38.1 Å². The SMILES string of the molecule is CC1CCCC(N)(c2nc(-c3ccc(F)cc3Cl)cs2)C1. The lowest BCUT2D eigenvalue weighted by Crippen LogP contribution is -2.40. The van der Waals surface area contributed by atoms with Crippen LogP contribution in [0.1, 0.15) is 37.6 Å². The summed E-state index contributed by atoms with van der Waals surface area (Å²) < 4.78 is 13.1. The highest BCUT2D eigenvalue weighted by molar-refractivity contribution is 7.10. The van der Waals surface area contributed by atoms with Crippen LogP contribution < -0.4 is 5.73 Å². The summed E-state index contributed by atoms with van der Waals surface area (Å²) in [6.07, 6.45) is 4.32. The molecule has 1 aromatic heterocycles. The molecule has 1 saturated carbocycles. The molecule has 0 radical (unpaired) electrons. The van der Waals surface area contributed by atoms with Gasteiger partial charge in [-0.1, -0.05) is 31.4 Å². The van der Waals surface area contributed by atoms with Gasteiger partial charge in [0.05, 0.1) is 16.3 Å². The van der Waals surface area contributed by atoms with Crippen molar-refractivity contribution in [1.29, 1.82) is 0 Å². The van der Waals surface area contributed by atoms with E-state index in [1.165, 1.54) is 18.6 Å². The lowest BCUT2D eigenvalue weighted by Gasteiger charge is -2.35. The molecule has 2 atom stereocenters. The molecule has 1 heterocycles. The average molecular weight is 325 g/mol. The summed E-state index contributed by atoms with van der Waals surface area (Å²) in [7, 11) is 0. The van der Waals surface area contributed by atoms with Gasteiger partial charge in [0.1, 0.15) is 10.8 Å². The Morgan fingerprint density at radius 1 is 1.48 bits per heavy atom. The summed E-state index contributed by atoms with van der Waals surface area (Å²) in [6.45, 7) is 2.24. The lowest BCUT2D eigenvalue weighted by molar-refractivity contribution is 0.238. The molecular formula is C16H18ClFN2S. The molecule has 0 bridgehead atoms. The van der Waals surface area contributed by atoms with Crippen molar-refractivity contribution in [2.24, 2.45) is 11.7 Å². The van der Waals surface area contributed by atoms with Crippen LogP contribution in [0.3, 0.4) is 0 Å². The topological polar surface area (TPSA) is 38.9 Å². The standard InChI is InChI=1S/C16H18ClFN2S/c1-10-3-2-6-16(19,8-10)15-20-14(9-21-15)12-5-4-11(18)7-13(12)17/h4-5,7,9-10H,2-3,6,8,19H2,1H3. The molecular weight excluding hydrogens is 307 g/mol. The minimum Gasteiger partial charge on any atom is -0.319 e. The van der Waals surface area contributed by atoms with Gasteiger partial charge in [-0.2, -0.15) is 0 Å². The van der Waals surface area contributed by atoms with E-state index >= 15 is 0 Å². The van der Waals surface area contributed by atoms with Gasteiger partial charge in [-0.3, -0.25) is 0 Å². The third-order valence-corrected chi connectivity index (χ3v) is 5.54. The molecule has 2 N–H and O–H groups in total. The molecule has 0 amide bonds. The molecule has 21 heavy (non-hydrogen) atoms. The molecule has 2 unspecified atom stereocenters. The number of halogens is 2. The zero-order valence-electron chi connectivity index (χ0n) is 11.9. The minimum absolute atomic E-state index is 0.326. The van der Waals surface area contributed by atoms with E-state index in [0.717, 1.165) is 35.5 Å². The fraction of sp³-hybridized carbons (Fsp3) is 0.438. The fourth-order valence-electron chi connectivity index (χ4n) is 3.11. The van der Waals surface area contributed by atoms with E-state index in [2.05, 4.69) is 11.9 Å². The smallest absolute Gasteiger partial charge is 0.124 e. The highest BCUT2D eigenvalue weighted by atomic mass is 35.5. The van der Waals surface area contributed by atoms with Crippen molar-refractivity contribution in [3.8, 4) is 11.3 Å². The van der Waals surface area contributed by atoms with Gasteiger partial charge in [0.2, 0.25) is 0 Å². The predicted octanol–water partition coefficient (Wildman–Crippen LogP) is 4.97. The zero-order valence-corrected chi connectivity index (χ0v) is 13.5. The number of hydrogen-bond acceptors (Lipinski definition) is 3. The van der Waals surface area contributed by atoms with E-state index in [4.69, 9.17) is 17.3 Å². The first-order valence-corrected chi connectivity index (χ1v) is 8.44. The Kier molecular flexibility index (Phi) is 4.04. The second-order valence-electron chi connectivity index (χ2n) is 6.02. The summed E-state index contributed by atoms with van der Waals surface area (Å²) in [4.78, 5) is 4.69. The first-order valence-electron chi connectivity index (χ1n) is 7.18. The van der Waals surface area contributed by atoms with Gasteiger partial charge in [0, 0.05) is 10.9 Å². The summed E-state index contributed by atoms with van der Waals surface area (Å²) >= 11 is 7.69. The molecule has 1 aliphatic carbocycles. The Hall–Kier alpha value is -0.970. The Labute approximate surface area is 133 Å². The van der Waals surface area contributed by atoms with Gasteiger partial charge in [0.15, 0.2) is 0 Å². The number of thiazole rings is 1. The van der Waals surface area contributed by atoms with Gasteiger partial charge >= 0.3 is 0 Å². The van der Waals surface area contributed by atoms with E-state index in [0.29, 0.717) is 10.9 Å². The maximum absolute atomic E-state index is 13.1. The summed E-state index contributed by atoms with van der Waals surface area (Å²) in [5.74, 6) is 0.293. The van der Waals surface area contributed by atoms with Gasteiger partial charge < -0.3 is 5.73 Å². The van der Waals surface area contributed by atoms with E-state index in [9.17, 15) is 4.39 Å². The summed E-state index contributed by atoms with van der Waals surface area (Å²) in [5.41, 5.74) is 7.79. The molecule has 0 aliphatic heterocycles. The molecule has 1 fully saturated rings. The first kappa shape index (κ1) is 14.9. The van der Waals surface area contributed by atoms with Crippen LogP contribution >= 0.6 is 22.9 Å². The van der Waals surface area contributed by atoms with Crippen LogP contribution in [0.25, 0.3) is 11.3 Å². The van der Waals surface area contributed by atoms with Gasteiger partial charge in [-0.25, -0.2) is 9.37 Å². The van der Waals surface area contributed by atoms with Crippen molar-refractivity contribution in [1.82, 2.24) is 4.98 Å². The molecule has 1 aliphatic rings. The predicted molar refractivity (Wildman–Crippen MR) is 86.0 cm³/mol. The van der Waals surface area contributed by atoms with Crippen molar-refractivity contribution in [2.75, 3.05) is 0 Å². The Balaban J connectivity index is 1.92. The normalized spacial score (nSPS) is 26.0. The molecule has 0 spiro atoms. The van der Waals surface area contributed by atoms with E-state index < -0.39 is 0 Å². The number of rotatable bonds is 2. The number of aromatic nitrogens is 1. The molecule has 112 valence electrons. The van der Waals surface area contributed by atoms with Crippen LogP contribution in [0.5, 0.6) is 0 Å². The third-order valence-electron chi connectivity index (χ3n) is 4.17. The quantitative estimate of drug-likeness (QED) is 0.847. The molecule has 5 heteroatoms. The van der Waals surface area contributed by atoms with Crippen LogP contribution in [0.4, 0.5) is 4.39 Å². The third kappa shape index (κ3) is 2.98. The van der Waals surface area contributed by atoms with Crippen LogP contribution in [-0.2, 0) is 5.54 Å². The van der Waals surface area contributed by atoms with Crippen molar-refractivity contribution < 1.29 is 4.39 Å². The Bertz CT molecular complexity index is 657. The minimum atomic E-state index is -0.337. The van der Waals surface area contributed by atoms with E-state index in [1.807, 2.05) is 5.38 Å². The fourth-order valence-corrected chi connectivity index (χ4v) is 4.35. The number of benzene rings is 1. The molecule has 1 aromatic carbocycles. The van der Waals surface area contributed by atoms with E-state index in [-0.39, 0.29) is 11.4 Å². The van der Waals surface area contributed by atoms with Gasteiger partial charge in [0.25, 0.3) is 0 Å². The van der Waals surface area contributed by atoms with Gasteiger partial charge in [-0.15, -0.1) is 11.3 Å².